The van der Waals surface area contributed by atoms with Gasteiger partial charge in [0.2, 0.25) is 11.8 Å². The predicted molar refractivity (Wildman–Crippen MR) is 137 cm³/mol. The molecular formula is C25H29N9O3. The van der Waals surface area contributed by atoms with Gasteiger partial charge < -0.3 is 25.4 Å². The number of amides is 1. The van der Waals surface area contributed by atoms with Gasteiger partial charge in [0.05, 0.1) is 13.7 Å². The van der Waals surface area contributed by atoms with Crippen LogP contribution in [0, 0.1) is 0 Å². The summed E-state index contributed by atoms with van der Waals surface area (Å²) in [6, 6.07) is 5.60. The van der Waals surface area contributed by atoms with Gasteiger partial charge in [0.25, 0.3) is 5.91 Å². The van der Waals surface area contributed by atoms with Crippen molar-refractivity contribution in [3.8, 4) is 5.75 Å². The molecule has 3 N–H and O–H groups in total. The van der Waals surface area contributed by atoms with Crippen LogP contribution in [-0.2, 0) is 24.4 Å². The van der Waals surface area contributed by atoms with Crippen LogP contribution in [0.5, 0.6) is 5.75 Å². The van der Waals surface area contributed by atoms with E-state index in [1.165, 1.54) is 0 Å². The molecule has 1 amide bonds. The van der Waals surface area contributed by atoms with Gasteiger partial charge in [-0.2, -0.15) is 0 Å². The second kappa shape index (κ2) is 10.7. The van der Waals surface area contributed by atoms with Crippen molar-refractivity contribution in [2.75, 3.05) is 37.9 Å². The van der Waals surface area contributed by atoms with E-state index in [1.807, 2.05) is 18.2 Å². The van der Waals surface area contributed by atoms with E-state index in [-0.39, 0.29) is 19.0 Å². The van der Waals surface area contributed by atoms with Crippen LogP contribution in [0.25, 0.3) is 10.8 Å². The monoisotopic (exact) mass is 503 g/mol. The van der Waals surface area contributed by atoms with Crippen molar-refractivity contribution in [2.24, 2.45) is 0 Å². The Kier molecular flexibility index (Phi) is 7.08. The maximum atomic E-state index is 13.0. The second-order valence-corrected chi connectivity index (χ2v) is 8.79. The molecule has 0 radical (unpaired) electrons. The molecule has 4 heterocycles. The smallest absolute Gasteiger partial charge is 0.291 e. The van der Waals surface area contributed by atoms with Crippen molar-refractivity contribution in [3.05, 3.63) is 59.6 Å². The van der Waals surface area contributed by atoms with Gasteiger partial charge in [-0.25, -0.2) is 24.6 Å². The zero-order valence-corrected chi connectivity index (χ0v) is 20.8. The highest BCUT2D eigenvalue weighted by molar-refractivity contribution is 5.93. The van der Waals surface area contributed by atoms with Crippen LogP contribution in [0.3, 0.4) is 0 Å². The van der Waals surface area contributed by atoms with E-state index in [0.29, 0.717) is 23.9 Å². The van der Waals surface area contributed by atoms with E-state index in [9.17, 15) is 4.79 Å². The average Bonchev–Trinajstić information content (AvgIpc) is 3.59. The Balaban J connectivity index is 1.30. The molecule has 0 saturated carbocycles. The normalized spacial score (nSPS) is 13.3. The number of benzene rings is 1. The minimum atomic E-state index is -0.409. The Morgan fingerprint density at radius 1 is 1.14 bits per heavy atom. The number of aromatic nitrogens is 6. The number of hydrogen-bond donors (Lipinski definition) is 2. The highest BCUT2D eigenvalue weighted by Gasteiger charge is 2.19. The van der Waals surface area contributed by atoms with Crippen LogP contribution in [0.2, 0.25) is 0 Å². The molecule has 12 nitrogen and oxygen atoms in total. The quantitative estimate of drug-likeness (QED) is 0.347. The average molecular weight is 504 g/mol. The summed E-state index contributed by atoms with van der Waals surface area (Å²) in [6.45, 7) is 2.76. The molecule has 0 spiro atoms. The van der Waals surface area contributed by atoms with Crippen LogP contribution < -0.4 is 20.7 Å². The summed E-state index contributed by atoms with van der Waals surface area (Å²) in [5.74, 6) is 1.93. The molecule has 0 bridgehead atoms. The summed E-state index contributed by atoms with van der Waals surface area (Å²) in [5, 5.41) is 9.00. The molecule has 3 aromatic heterocycles. The molecular weight excluding hydrogens is 474 g/mol. The molecule has 0 unspecified atom stereocenters. The number of hydrogen-bond acceptors (Lipinski definition) is 10. The third-order valence-corrected chi connectivity index (χ3v) is 6.27. The Labute approximate surface area is 213 Å². The topological polar surface area (TPSA) is 146 Å². The van der Waals surface area contributed by atoms with Gasteiger partial charge in [-0.15, -0.1) is 5.10 Å². The third kappa shape index (κ3) is 5.28. The Morgan fingerprint density at radius 3 is 2.65 bits per heavy atom. The molecule has 1 aliphatic heterocycles. The number of ether oxygens (including phenoxy) is 2. The molecule has 1 aromatic carbocycles. The lowest BCUT2D eigenvalue weighted by atomic mass is 10.1. The van der Waals surface area contributed by atoms with Gasteiger partial charge in [0, 0.05) is 61.8 Å². The fourth-order valence-electron chi connectivity index (χ4n) is 4.37. The zero-order valence-electron chi connectivity index (χ0n) is 20.8. The lowest BCUT2D eigenvalue weighted by molar-refractivity contribution is 0.0940. The number of anilines is 2. The Morgan fingerprint density at radius 2 is 1.92 bits per heavy atom. The van der Waals surface area contributed by atoms with Crippen molar-refractivity contribution < 1.29 is 14.3 Å². The number of rotatable bonds is 9. The first kappa shape index (κ1) is 24.4. The summed E-state index contributed by atoms with van der Waals surface area (Å²) in [7, 11) is 3.14. The number of nitrogens with one attached hydrogen (secondary N) is 1. The third-order valence-electron chi connectivity index (χ3n) is 6.27. The molecule has 37 heavy (non-hydrogen) atoms. The van der Waals surface area contributed by atoms with E-state index in [1.54, 1.807) is 37.5 Å². The lowest BCUT2D eigenvalue weighted by Gasteiger charge is -2.14. The molecule has 192 valence electrons. The first-order chi connectivity index (χ1) is 18.1. The van der Waals surface area contributed by atoms with Crippen molar-refractivity contribution in [1.82, 2.24) is 35.0 Å². The largest absolute Gasteiger partial charge is 0.496 e. The van der Waals surface area contributed by atoms with E-state index < -0.39 is 5.91 Å². The number of fused-ring (bicyclic) bond motifs is 1. The Bertz CT molecular complexity index is 1400. The predicted octanol–water partition coefficient (Wildman–Crippen LogP) is 1.93. The van der Waals surface area contributed by atoms with Crippen molar-refractivity contribution in [1.29, 1.82) is 0 Å². The summed E-state index contributed by atoms with van der Waals surface area (Å²) >= 11 is 0. The maximum Gasteiger partial charge on any atom is 0.291 e. The number of carbonyl (C=O) groups is 1. The number of pyridine rings is 1. The van der Waals surface area contributed by atoms with Gasteiger partial charge in [0.15, 0.2) is 5.82 Å². The van der Waals surface area contributed by atoms with Crippen molar-refractivity contribution in [2.45, 2.75) is 32.5 Å². The zero-order chi connectivity index (χ0) is 25.8. The molecule has 12 heteroatoms. The highest BCUT2D eigenvalue weighted by atomic mass is 16.5. The Hall–Kier alpha value is -4.32. The molecule has 1 saturated heterocycles. The molecule has 5 rings (SSSR count). The van der Waals surface area contributed by atoms with Crippen LogP contribution in [0.4, 0.5) is 11.8 Å². The minimum absolute atomic E-state index is 0.0508. The van der Waals surface area contributed by atoms with E-state index in [0.717, 1.165) is 53.8 Å². The summed E-state index contributed by atoms with van der Waals surface area (Å²) in [6.07, 6.45) is 7.54. The fourth-order valence-corrected chi connectivity index (χ4v) is 4.37. The molecule has 0 atom stereocenters. The van der Waals surface area contributed by atoms with Crippen LogP contribution in [-0.4, -0.2) is 62.9 Å². The van der Waals surface area contributed by atoms with Gasteiger partial charge in [-0.05, 0) is 36.4 Å². The summed E-state index contributed by atoms with van der Waals surface area (Å²) < 4.78 is 12.4. The molecule has 4 aromatic rings. The number of nitrogens with zero attached hydrogens (tertiary/aromatic N) is 7. The van der Waals surface area contributed by atoms with Gasteiger partial charge in [-0.3, -0.25) is 4.79 Å². The molecule has 1 fully saturated rings. The summed E-state index contributed by atoms with van der Waals surface area (Å²) in [4.78, 5) is 32.7. The summed E-state index contributed by atoms with van der Waals surface area (Å²) in [5.41, 5.74) is 7.63. The van der Waals surface area contributed by atoms with Crippen LogP contribution >= 0.6 is 0 Å². The first-order valence-electron chi connectivity index (χ1n) is 12.0. The number of nitrogen functional groups attached to an aromatic ring is 1. The van der Waals surface area contributed by atoms with E-state index in [4.69, 9.17) is 15.2 Å². The van der Waals surface area contributed by atoms with Gasteiger partial charge >= 0.3 is 0 Å². The van der Waals surface area contributed by atoms with E-state index in [2.05, 4.69) is 35.3 Å². The molecule has 0 aliphatic carbocycles. The van der Waals surface area contributed by atoms with Crippen LogP contribution in [0.1, 0.15) is 40.4 Å². The lowest BCUT2D eigenvalue weighted by Crippen LogP contribution is -2.24. The van der Waals surface area contributed by atoms with Crippen LogP contribution in [0.15, 0.2) is 36.8 Å². The molecule has 1 aliphatic rings. The van der Waals surface area contributed by atoms with Gasteiger partial charge in [-0.1, -0.05) is 0 Å². The number of methoxy groups -OCH3 is 2. The maximum absolute atomic E-state index is 13.0. The van der Waals surface area contributed by atoms with Gasteiger partial charge in [0.1, 0.15) is 18.2 Å². The SMILES string of the molecule is COCc1nc(C(=O)NCc2cc3ccnc(N)c3cc2OC)nn1Cc1cnc(N2CCCC2)nc1. The van der Waals surface area contributed by atoms with Crippen molar-refractivity contribution in [3.63, 3.8) is 0 Å². The fraction of sp³-hybridized carbons (Fsp3) is 0.360. The highest BCUT2D eigenvalue weighted by Crippen LogP contribution is 2.28. The second-order valence-electron chi connectivity index (χ2n) is 8.79. The standard InChI is InChI=1S/C25H29N9O3/c1-36-15-21-31-23(32-34(21)14-16-11-29-25(30-12-16)33-7-3-4-8-33)24(35)28-13-18-9-17-5-6-27-22(26)19(17)10-20(18)37-2/h5-6,9-12H,3-4,7-8,13-15H2,1-2H3,(H2,26,27)(H,28,35). The van der Waals surface area contributed by atoms with Crippen molar-refractivity contribution >= 4 is 28.4 Å². The van der Waals surface area contributed by atoms with E-state index >= 15 is 0 Å². The minimum Gasteiger partial charge on any atom is -0.496 e. The first-order valence-corrected chi connectivity index (χ1v) is 12.0. The number of nitrogens with two attached hydrogens (primary N) is 1. The number of carbonyl (C=O) groups excluding carboxylic acids is 1.